The lowest BCUT2D eigenvalue weighted by Gasteiger charge is -2.16. The summed E-state index contributed by atoms with van der Waals surface area (Å²) in [6.45, 7) is 1.91. The third-order valence-corrected chi connectivity index (χ3v) is 4.31. The molecule has 2 amide bonds. The van der Waals surface area contributed by atoms with E-state index in [2.05, 4.69) is 36.2 Å². The molecule has 31 heavy (non-hydrogen) atoms. The van der Waals surface area contributed by atoms with Gasteiger partial charge in [-0.15, -0.1) is 10.2 Å². The van der Waals surface area contributed by atoms with Crippen molar-refractivity contribution in [3.8, 4) is 17.1 Å². The maximum Gasteiger partial charge on any atom is 0.273 e. The highest BCUT2D eigenvalue weighted by Gasteiger charge is 2.19. The molecule has 0 saturated heterocycles. The third-order valence-electron chi connectivity index (χ3n) is 4.31. The van der Waals surface area contributed by atoms with Gasteiger partial charge in [0.25, 0.3) is 5.91 Å². The number of aryl methyl sites for hydroxylation is 1. The number of amides is 2. The second-order valence-corrected chi connectivity index (χ2v) is 6.62. The number of hydrogen-bond acceptors (Lipinski definition) is 8. The fourth-order valence-electron chi connectivity index (χ4n) is 2.91. The highest BCUT2D eigenvalue weighted by atomic mass is 16.5. The monoisotopic (exact) mass is 424 g/mol. The summed E-state index contributed by atoms with van der Waals surface area (Å²) in [5.74, 6) is 0.606. The molecule has 11 heteroatoms. The van der Waals surface area contributed by atoms with Gasteiger partial charge in [0.05, 0.1) is 24.0 Å². The van der Waals surface area contributed by atoms with Crippen molar-refractivity contribution in [1.29, 1.82) is 0 Å². The molecule has 3 N–H and O–H groups in total. The molecule has 3 aromatic rings. The zero-order chi connectivity index (χ0) is 22.4. The van der Waals surface area contributed by atoms with Crippen LogP contribution in [0.3, 0.4) is 0 Å². The number of para-hydroxylation sites is 1. The molecule has 0 atom stereocenters. The van der Waals surface area contributed by atoms with Gasteiger partial charge in [0.15, 0.2) is 23.1 Å². The van der Waals surface area contributed by atoms with Crippen molar-refractivity contribution in [1.82, 2.24) is 30.3 Å². The summed E-state index contributed by atoms with van der Waals surface area (Å²) in [7, 11) is 4.81. The minimum Gasteiger partial charge on any atom is -0.494 e. The van der Waals surface area contributed by atoms with Crippen molar-refractivity contribution in [2.24, 2.45) is 7.05 Å². The SMILES string of the molecule is CCCC(=O)Nc1cc(Nc2cccc(-c3ncn(C)n3)c2OC)c(C(=O)NC)nn1. The molecule has 1 aromatic carbocycles. The van der Waals surface area contributed by atoms with Crippen molar-refractivity contribution in [3.63, 3.8) is 0 Å². The number of rotatable bonds is 8. The van der Waals surface area contributed by atoms with Gasteiger partial charge >= 0.3 is 0 Å². The summed E-state index contributed by atoms with van der Waals surface area (Å²) in [6.07, 6.45) is 2.65. The van der Waals surface area contributed by atoms with Crippen molar-refractivity contribution in [3.05, 3.63) is 36.3 Å². The first-order valence-electron chi connectivity index (χ1n) is 9.66. The molecule has 0 fully saturated rings. The molecule has 0 bridgehead atoms. The molecule has 0 aliphatic rings. The number of anilines is 3. The summed E-state index contributed by atoms with van der Waals surface area (Å²) in [4.78, 5) is 28.5. The van der Waals surface area contributed by atoms with E-state index in [1.54, 1.807) is 30.2 Å². The van der Waals surface area contributed by atoms with E-state index in [9.17, 15) is 9.59 Å². The van der Waals surface area contributed by atoms with E-state index in [0.29, 0.717) is 41.4 Å². The van der Waals surface area contributed by atoms with Gasteiger partial charge in [-0.3, -0.25) is 14.3 Å². The number of ether oxygens (including phenoxy) is 1. The Hall–Kier alpha value is -4.02. The van der Waals surface area contributed by atoms with Gasteiger partial charge in [0.1, 0.15) is 6.33 Å². The minimum absolute atomic E-state index is 0.0689. The molecule has 0 radical (unpaired) electrons. The normalized spacial score (nSPS) is 10.5. The topological polar surface area (TPSA) is 136 Å². The van der Waals surface area contributed by atoms with Crippen molar-refractivity contribution < 1.29 is 14.3 Å². The Labute approximate surface area is 179 Å². The lowest BCUT2D eigenvalue weighted by molar-refractivity contribution is -0.116. The van der Waals surface area contributed by atoms with Crippen LogP contribution in [0, 0.1) is 0 Å². The van der Waals surface area contributed by atoms with Gasteiger partial charge in [0, 0.05) is 26.6 Å². The van der Waals surface area contributed by atoms with Crippen molar-refractivity contribution >= 4 is 29.0 Å². The Bertz CT molecular complexity index is 1100. The van der Waals surface area contributed by atoms with E-state index >= 15 is 0 Å². The molecule has 162 valence electrons. The second-order valence-electron chi connectivity index (χ2n) is 6.62. The van der Waals surface area contributed by atoms with Gasteiger partial charge in [-0.25, -0.2) is 4.98 Å². The number of carbonyl (C=O) groups is 2. The summed E-state index contributed by atoms with van der Waals surface area (Å²) in [6, 6.07) is 6.99. The van der Waals surface area contributed by atoms with Gasteiger partial charge < -0.3 is 20.7 Å². The predicted molar refractivity (Wildman–Crippen MR) is 115 cm³/mol. The molecule has 0 unspecified atom stereocenters. The van der Waals surface area contributed by atoms with Crippen molar-refractivity contribution in [2.45, 2.75) is 19.8 Å². The maximum atomic E-state index is 12.3. The first kappa shape index (κ1) is 21.7. The number of nitrogens with one attached hydrogen (secondary N) is 3. The number of benzene rings is 1. The van der Waals surface area contributed by atoms with E-state index in [0.717, 1.165) is 0 Å². The quantitative estimate of drug-likeness (QED) is 0.500. The van der Waals surface area contributed by atoms with Crippen LogP contribution in [0.4, 0.5) is 17.2 Å². The average molecular weight is 424 g/mol. The lowest BCUT2D eigenvalue weighted by Crippen LogP contribution is -2.22. The van der Waals surface area contributed by atoms with E-state index in [1.165, 1.54) is 14.2 Å². The first-order valence-corrected chi connectivity index (χ1v) is 9.66. The molecule has 0 aliphatic heterocycles. The van der Waals surface area contributed by atoms with Crippen LogP contribution in [0.15, 0.2) is 30.6 Å². The third kappa shape index (κ3) is 4.94. The Kier molecular flexibility index (Phi) is 6.75. The zero-order valence-corrected chi connectivity index (χ0v) is 17.8. The van der Waals surface area contributed by atoms with Crippen LogP contribution in [-0.4, -0.2) is 50.9 Å². The fourth-order valence-corrected chi connectivity index (χ4v) is 2.91. The van der Waals surface area contributed by atoms with Crippen LogP contribution >= 0.6 is 0 Å². The minimum atomic E-state index is -0.428. The number of methoxy groups -OCH3 is 1. The maximum absolute atomic E-state index is 12.3. The average Bonchev–Trinajstić information content (AvgIpc) is 3.19. The molecule has 0 aliphatic carbocycles. The molecule has 2 aromatic heterocycles. The highest BCUT2D eigenvalue weighted by Crippen LogP contribution is 2.37. The predicted octanol–water partition coefficient (Wildman–Crippen LogP) is 2.12. The molecule has 0 spiro atoms. The van der Waals surface area contributed by atoms with Crippen LogP contribution < -0.4 is 20.7 Å². The Morgan fingerprint density at radius 3 is 2.65 bits per heavy atom. The van der Waals surface area contributed by atoms with Crippen LogP contribution in [0.1, 0.15) is 30.3 Å². The molecule has 0 saturated carbocycles. The zero-order valence-electron chi connectivity index (χ0n) is 17.8. The van der Waals surface area contributed by atoms with Crippen molar-refractivity contribution in [2.75, 3.05) is 24.8 Å². The molecule has 11 nitrogen and oxygen atoms in total. The van der Waals surface area contributed by atoms with Crippen LogP contribution in [0.25, 0.3) is 11.4 Å². The number of hydrogen-bond donors (Lipinski definition) is 3. The largest absolute Gasteiger partial charge is 0.494 e. The van der Waals surface area contributed by atoms with Gasteiger partial charge in [-0.05, 0) is 18.6 Å². The van der Waals surface area contributed by atoms with E-state index in [1.807, 2.05) is 19.1 Å². The highest BCUT2D eigenvalue weighted by molar-refractivity contribution is 5.99. The smallest absolute Gasteiger partial charge is 0.273 e. The van der Waals surface area contributed by atoms with Gasteiger partial charge in [-0.1, -0.05) is 13.0 Å². The molecular formula is C20H24N8O3. The van der Waals surface area contributed by atoms with Crippen LogP contribution in [0.2, 0.25) is 0 Å². The Balaban J connectivity index is 2.02. The Morgan fingerprint density at radius 1 is 1.19 bits per heavy atom. The van der Waals surface area contributed by atoms with E-state index < -0.39 is 5.91 Å². The Morgan fingerprint density at radius 2 is 2.00 bits per heavy atom. The standard InChI is InChI=1S/C20H24N8O3/c1-5-7-16(29)24-15-10-14(17(26-25-15)20(30)21-2)23-13-9-6-8-12(18(13)31-4)19-22-11-28(3)27-19/h6,8-11H,5,7H2,1-4H3,(H,21,30)(H2,23,24,25,29). The molecule has 2 heterocycles. The summed E-state index contributed by atoms with van der Waals surface area (Å²) >= 11 is 0. The number of aromatic nitrogens is 5. The van der Waals surface area contributed by atoms with Gasteiger partial charge in [-0.2, -0.15) is 5.10 Å². The number of nitrogens with zero attached hydrogens (tertiary/aromatic N) is 5. The summed E-state index contributed by atoms with van der Waals surface area (Å²) < 4.78 is 7.20. The molecule has 3 rings (SSSR count). The molecular weight excluding hydrogens is 400 g/mol. The summed E-state index contributed by atoms with van der Waals surface area (Å²) in [5, 5.41) is 20.6. The van der Waals surface area contributed by atoms with Crippen LogP contribution in [0.5, 0.6) is 5.75 Å². The fraction of sp³-hybridized carbons (Fsp3) is 0.300. The first-order chi connectivity index (χ1) is 15.0. The van der Waals surface area contributed by atoms with Crippen LogP contribution in [-0.2, 0) is 11.8 Å². The second kappa shape index (κ2) is 9.65. The number of carbonyl (C=O) groups excluding carboxylic acids is 2. The van der Waals surface area contributed by atoms with Gasteiger partial charge in [0.2, 0.25) is 5.91 Å². The lowest BCUT2D eigenvalue weighted by atomic mass is 10.1. The summed E-state index contributed by atoms with van der Waals surface area (Å²) in [5.41, 5.74) is 1.66. The van der Waals surface area contributed by atoms with E-state index in [-0.39, 0.29) is 17.4 Å². The van der Waals surface area contributed by atoms with E-state index in [4.69, 9.17) is 4.74 Å².